The van der Waals surface area contributed by atoms with Crippen LogP contribution in [0.2, 0.25) is 0 Å². The number of rotatable bonds is 27. The van der Waals surface area contributed by atoms with Gasteiger partial charge in [0, 0.05) is 6.61 Å². The van der Waals surface area contributed by atoms with Crippen molar-refractivity contribution in [3.8, 4) is 5.75 Å². The van der Waals surface area contributed by atoms with Gasteiger partial charge in [-0.25, -0.2) is 0 Å². The minimum absolute atomic E-state index is 0.265. The number of hydrogen-bond donors (Lipinski definition) is 0. The van der Waals surface area contributed by atoms with Crippen LogP contribution in [-0.2, 0) is 15.1 Å². The third kappa shape index (κ3) is 13.8. The Morgan fingerprint density at radius 2 is 0.796 bits per heavy atom. The molecule has 4 rings (SSSR count). The van der Waals surface area contributed by atoms with Crippen LogP contribution in [0, 0.1) is 0 Å². The molecule has 264 valence electrons. The summed E-state index contributed by atoms with van der Waals surface area (Å²) in [5.74, 6) is 0.826. The maximum atomic E-state index is 7.10. The van der Waals surface area contributed by atoms with Crippen molar-refractivity contribution in [2.45, 2.75) is 121 Å². The van der Waals surface area contributed by atoms with Crippen LogP contribution < -0.4 is 4.74 Å². The van der Waals surface area contributed by atoms with E-state index in [1.54, 1.807) is 0 Å². The molecule has 0 amide bonds. The quantitative estimate of drug-likeness (QED) is 0.0470. The molecule has 1 unspecified atom stereocenters. The van der Waals surface area contributed by atoms with Gasteiger partial charge >= 0.3 is 0 Å². The molecule has 0 spiro atoms. The Labute approximate surface area is 298 Å². The molecular formula is C46H62O3. The Hall–Kier alpha value is -3.40. The van der Waals surface area contributed by atoms with E-state index in [2.05, 4.69) is 97.9 Å². The summed E-state index contributed by atoms with van der Waals surface area (Å²) in [6.45, 7) is 3.88. The van der Waals surface area contributed by atoms with Gasteiger partial charge < -0.3 is 14.2 Å². The maximum absolute atomic E-state index is 7.10. The van der Waals surface area contributed by atoms with Crippen molar-refractivity contribution in [2.24, 2.45) is 0 Å². The summed E-state index contributed by atoms with van der Waals surface area (Å²) < 4.78 is 19.9. The highest BCUT2D eigenvalue weighted by molar-refractivity contribution is 5.47. The molecule has 0 aliphatic rings. The van der Waals surface area contributed by atoms with E-state index in [4.69, 9.17) is 14.2 Å². The summed E-state index contributed by atoms with van der Waals surface area (Å²) in [6.07, 6.45) is 21.6. The Balaban J connectivity index is 1.23. The Morgan fingerprint density at radius 1 is 0.429 bits per heavy atom. The van der Waals surface area contributed by atoms with E-state index in [9.17, 15) is 0 Å². The minimum atomic E-state index is -0.796. The topological polar surface area (TPSA) is 27.7 Å². The zero-order valence-corrected chi connectivity index (χ0v) is 30.3. The monoisotopic (exact) mass is 662 g/mol. The molecule has 3 heteroatoms. The zero-order chi connectivity index (χ0) is 34.1. The van der Waals surface area contributed by atoms with E-state index < -0.39 is 5.60 Å². The molecule has 0 fully saturated rings. The summed E-state index contributed by atoms with van der Waals surface area (Å²) in [7, 11) is 0. The fraction of sp³-hybridized carbons (Fsp3) is 0.478. The molecule has 0 aliphatic carbocycles. The van der Waals surface area contributed by atoms with Gasteiger partial charge in [0.25, 0.3) is 0 Å². The molecule has 0 saturated heterocycles. The van der Waals surface area contributed by atoms with Crippen LogP contribution in [0.15, 0.2) is 121 Å². The van der Waals surface area contributed by atoms with Crippen LogP contribution in [0.3, 0.4) is 0 Å². The lowest BCUT2D eigenvalue weighted by atomic mass is 9.80. The molecule has 0 saturated carbocycles. The van der Waals surface area contributed by atoms with E-state index in [-0.39, 0.29) is 6.10 Å². The van der Waals surface area contributed by atoms with Crippen molar-refractivity contribution in [1.82, 2.24) is 0 Å². The van der Waals surface area contributed by atoms with Crippen molar-refractivity contribution >= 4 is 0 Å². The van der Waals surface area contributed by atoms with Gasteiger partial charge in [-0.3, -0.25) is 0 Å². The van der Waals surface area contributed by atoms with Crippen LogP contribution in [0.4, 0.5) is 0 Å². The van der Waals surface area contributed by atoms with Gasteiger partial charge in [-0.05, 0) is 35.2 Å². The summed E-state index contributed by atoms with van der Waals surface area (Å²) in [4.78, 5) is 0. The first-order valence-electron chi connectivity index (χ1n) is 19.4. The number of para-hydroxylation sites is 1. The first-order chi connectivity index (χ1) is 24.3. The lowest BCUT2D eigenvalue weighted by Gasteiger charge is -2.37. The molecule has 3 nitrogen and oxygen atoms in total. The first kappa shape index (κ1) is 38.4. The van der Waals surface area contributed by atoms with Crippen molar-refractivity contribution in [2.75, 3.05) is 19.8 Å². The molecule has 0 bridgehead atoms. The average molecular weight is 663 g/mol. The van der Waals surface area contributed by atoms with E-state index in [0.717, 1.165) is 35.5 Å². The normalized spacial score (nSPS) is 12.2. The van der Waals surface area contributed by atoms with Gasteiger partial charge in [-0.1, -0.05) is 212 Å². The molecule has 0 radical (unpaired) electrons. The van der Waals surface area contributed by atoms with Crippen LogP contribution in [0.5, 0.6) is 5.75 Å². The second-order valence-electron chi connectivity index (χ2n) is 13.5. The van der Waals surface area contributed by atoms with Gasteiger partial charge in [0.2, 0.25) is 0 Å². The van der Waals surface area contributed by atoms with Crippen molar-refractivity contribution in [3.05, 3.63) is 138 Å². The Bertz CT molecular complexity index is 1230. The number of ether oxygens (including phenoxy) is 3. The molecule has 4 aromatic carbocycles. The number of unbranched alkanes of at least 4 members (excludes halogenated alkanes) is 15. The molecule has 0 heterocycles. The van der Waals surface area contributed by atoms with E-state index in [0.29, 0.717) is 13.2 Å². The lowest BCUT2D eigenvalue weighted by Crippen LogP contribution is -2.38. The molecule has 0 N–H and O–H groups in total. The molecule has 0 aliphatic heterocycles. The lowest BCUT2D eigenvalue weighted by molar-refractivity contribution is -0.0553. The summed E-state index contributed by atoms with van der Waals surface area (Å²) >= 11 is 0. The highest BCUT2D eigenvalue weighted by atomic mass is 16.6. The Kier molecular flexibility index (Phi) is 18.7. The second kappa shape index (κ2) is 23.9. The fourth-order valence-corrected chi connectivity index (χ4v) is 6.76. The maximum Gasteiger partial charge on any atom is 0.145 e. The van der Waals surface area contributed by atoms with Crippen molar-refractivity contribution < 1.29 is 14.2 Å². The van der Waals surface area contributed by atoms with Gasteiger partial charge in [0.1, 0.15) is 17.5 Å². The molecule has 4 aromatic rings. The third-order valence-electron chi connectivity index (χ3n) is 9.52. The van der Waals surface area contributed by atoms with Gasteiger partial charge in [0.05, 0.1) is 13.2 Å². The smallest absolute Gasteiger partial charge is 0.145 e. The van der Waals surface area contributed by atoms with Crippen molar-refractivity contribution in [3.63, 3.8) is 0 Å². The molecule has 49 heavy (non-hydrogen) atoms. The summed E-state index contributed by atoms with van der Waals surface area (Å²) in [5, 5.41) is 0. The average Bonchev–Trinajstić information content (AvgIpc) is 3.16. The predicted octanol–water partition coefficient (Wildman–Crippen LogP) is 12.7. The van der Waals surface area contributed by atoms with E-state index >= 15 is 0 Å². The van der Waals surface area contributed by atoms with Crippen LogP contribution in [0.25, 0.3) is 0 Å². The first-order valence-corrected chi connectivity index (χ1v) is 19.4. The SMILES string of the molecule is CCCCCCCCCCCCCCCCCCOCC(COC(c1ccccc1)(c1ccccc1)c1ccccc1)Oc1ccccc1. The van der Waals surface area contributed by atoms with Gasteiger partial charge in [-0.2, -0.15) is 0 Å². The van der Waals surface area contributed by atoms with Crippen LogP contribution in [-0.4, -0.2) is 25.9 Å². The second-order valence-corrected chi connectivity index (χ2v) is 13.5. The number of hydrogen-bond acceptors (Lipinski definition) is 3. The fourth-order valence-electron chi connectivity index (χ4n) is 6.76. The largest absolute Gasteiger partial charge is 0.486 e. The van der Waals surface area contributed by atoms with E-state index in [1.807, 2.05) is 30.3 Å². The summed E-state index contributed by atoms with van der Waals surface area (Å²) in [5.41, 5.74) is 2.45. The third-order valence-corrected chi connectivity index (χ3v) is 9.52. The highest BCUT2D eigenvalue weighted by Crippen LogP contribution is 2.40. The molecule has 0 aromatic heterocycles. The summed E-state index contributed by atoms with van der Waals surface area (Å²) in [6, 6.07) is 41.6. The zero-order valence-electron chi connectivity index (χ0n) is 30.3. The van der Waals surface area contributed by atoms with Gasteiger partial charge in [-0.15, -0.1) is 0 Å². The van der Waals surface area contributed by atoms with Crippen LogP contribution in [0.1, 0.15) is 126 Å². The van der Waals surface area contributed by atoms with Gasteiger partial charge in [0.15, 0.2) is 0 Å². The van der Waals surface area contributed by atoms with E-state index in [1.165, 1.54) is 96.3 Å². The molecular weight excluding hydrogens is 601 g/mol. The number of benzene rings is 4. The van der Waals surface area contributed by atoms with Crippen molar-refractivity contribution in [1.29, 1.82) is 0 Å². The highest BCUT2D eigenvalue weighted by Gasteiger charge is 2.38. The van der Waals surface area contributed by atoms with Crippen LogP contribution >= 0.6 is 0 Å². The molecule has 1 atom stereocenters. The minimum Gasteiger partial charge on any atom is -0.486 e. The Morgan fingerprint density at radius 3 is 1.20 bits per heavy atom. The predicted molar refractivity (Wildman–Crippen MR) is 206 cm³/mol. The standard InChI is InChI=1S/C46H62O3/c1-2-3-4-5-6-7-8-9-10-11-12-13-14-15-16-29-38-47-39-45(49-44-36-27-20-28-37-44)40-48-46(41-30-21-17-22-31-41,42-32-23-18-24-33-42)43-34-25-19-26-35-43/h17-28,30-37,45H,2-16,29,38-40H2,1H3.